The molecule has 0 saturated heterocycles. The van der Waals surface area contributed by atoms with Crippen molar-refractivity contribution in [3.63, 3.8) is 0 Å². The summed E-state index contributed by atoms with van der Waals surface area (Å²) in [7, 11) is -2.73. The summed E-state index contributed by atoms with van der Waals surface area (Å²) in [6, 6.07) is 2.62. The Bertz CT molecular complexity index is 578. The summed E-state index contributed by atoms with van der Waals surface area (Å²) in [6.45, 7) is 2.37. The second kappa shape index (κ2) is 4.98. The number of pyridine rings is 1. The first-order valence-corrected chi connectivity index (χ1v) is 7.10. The second-order valence-corrected chi connectivity index (χ2v) is 6.67. The minimum Gasteiger partial charge on any atom is -0.255 e. The van der Waals surface area contributed by atoms with Crippen molar-refractivity contribution in [1.82, 2.24) is 4.98 Å². The van der Waals surface area contributed by atoms with Gasteiger partial charge in [0.25, 0.3) is 5.92 Å². The third-order valence-corrected chi connectivity index (χ3v) is 4.61. The molecular weight excluding hydrogens is 260 g/mol. The van der Waals surface area contributed by atoms with Gasteiger partial charge in [0.1, 0.15) is 5.69 Å². The molecule has 0 saturated carbocycles. The van der Waals surface area contributed by atoms with Crippen LogP contribution >= 0.6 is 0 Å². The van der Waals surface area contributed by atoms with Gasteiger partial charge in [0.2, 0.25) is 6.19 Å². The molecule has 0 spiro atoms. The van der Waals surface area contributed by atoms with E-state index in [1.54, 1.807) is 6.92 Å². The molecule has 7 heteroatoms. The van der Waals surface area contributed by atoms with Crippen molar-refractivity contribution in [3.8, 4) is 6.19 Å². The molecular formula is C11H13F2N3OS. The van der Waals surface area contributed by atoms with E-state index in [0.717, 1.165) is 6.92 Å². The van der Waals surface area contributed by atoms with Gasteiger partial charge in [0.05, 0.1) is 15.0 Å². The molecule has 0 N–H and O–H groups in total. The van der Waals surface area contributed by atoms with E-state index < -0.39 is 20.9 Å². The minimum absolute atomic E-state index is 0.349. The van der Waals surface area contributed by atoms with Crippen molar-refractivity contribution in [3.05, 3.63) is 29.6 Å². The van der Waals surface area contributed by atoms with Crippen molar-refractivity contribution < 1.29 is 13.0 Å². The van der Waals surface area contributed by atoms with Crippen LogP contribution < -0.4 is 0 Å². The molecule has 0 bridgehead atoms. The van der Waals surface area contributed by atoms with Crippen molar-refractivity contribution in [2.45, 2.75) is 25.0 Å². The fourth-order valence-corrected chi connectivity index (χ4v) is 2.28. The Balaban J connectivity index is 3.12. The smallest absolute Gasteiger partial charge is 0.255 e. The number of halogens is 2. The first-order valence-electron chi connectivity index (χ1n) is 5.12. The Hall–Kier alpha value is -1.55. The third-order valence-electron chi connectivity index (χ3n) is 2.58. The average molecular weight is 273 g/mol. The number of nitrogens with zero attached hydrogens (tertiary/aromatic N) is 3. The normalized spacial score (nSPS) is 16.4. The van der Waals surface area contributed by atoms with E-state index in [1.165, 1.54) is 30.8 Å². The van der Waals surface area contributed by atoms with E-state index in [1.807, 2.05) is 0 Å². The molecule has 0 radical (unpaired) electrons. The van der Waals surface area contributed by atoms with Gasteiger partial charge >= 0.3 is 0 Å². The molecule has 1 aromatic rings. The van der Waals surface area contributed by atoms with E-state index in [0.29, 0.717) is 5.56 Å². The van der Waals surface area contributed by atoms with Crippen LogP contribution in [0.2, 0.25) is 0 Å². The third kappa shape index (κ3) is 3.23. The molecule has 1 rings (SSSR count). The van der Waals surface area contributed by atoms with Crippen LogP contribution in [0.25, 0.3) is 0 Å². The number of hydrogen-bond acceptors (Lipinski definition) is 4. The van der Waals surface area contributed by atoms with Crippen LogP contribution in [-0.2, 0) is 15.7 Å². The minimum atomic E-state index is -3.01. The van der Waals surface area contributed by atoms with E-state index in [2.05, 4.69) is 9.35 Å². The molecule has 0 aliphatic rings. The molecule has 0 fully saturated rings. The maximum Gasteiger partial charge on any atom is 0.286 e. The predicted octanol–water partition coefficient (Wildman–Crippen LogP) is 2.83. The van der Waals surface area contributed by atoms with Crippen LogP contribution in [-0.4, -0.2) is 15.4 Å². The molecule has 2 unspecified atom stereocenters. The van der Waals surface area contributed by atoms with Crippen LogP contribution in [0.3, 0.4) is 0 Å². The van der Waals surface area contributed by atoms with Crippen LogP contribution in [0.1, 0.15) is 30.4 Å². The predicted molar refractivity (Wildman–Crippen MR) is 64.3 cm³/mol. The molecule has 18 heavy (non-hydrogen) atoms. The zero-order chi connectivity index (χ0) is 14.0. The van der Waals surface area contributed by atoms with Crippen LogP contribution in [0, 0.1) is 11.5 Å². The maximum absolute atomic E-state index is 13.0. The topological polar surface area (TPSA) is 66.1 Å². The molecule has 98 valence electrons. The van der Waals surface area contributed by atoms with E-state index >= 15 is 0 Å². The van der Waals surface area contributed by atoms with Gasteiger partial charge < -0.3 is 0 Å². The van der Waals surface area contributed by atoms with Gasteiger partial charge in [0.15, 0.2) is 0 Å². The summed E-state index contributed by atoms with van der Waals surface area (Å²) in [5.74, 6) is -3.01. The zero-order valence-electron chi connectivity index (χ0n) is 10.2. The van der Waals surface area contributed by atoms with Crippen molar-refractivity contribution >= 4 is 9.73 Å². The summed E-state index contributed by atoms with van der Waals surface area (Å²) in [6.07, 6.45) is 4.10. The highest BCUT2D eigenvalue weighted by atomic mass is 32.2. The lowest BCUT2D eigenvalue weighted by molar-refractivity contribution is 0.0127. The first-order chi connectivity index (χ1) is 8.18. The number of alkyl halides is 2. The van der Waals surface area contributed by atoms with Crippen LogP contribution in [0.15, 0.2) is 22.7 Å². The summed E-state index contributed by atoms with van der Waals surface area (Å²) < 4.78 is 41.3. The summed E-state index contributed by atoms with van der Waals surface area (Å²) >= 11 is 0. The SMILES string of the molecule is CC(c1ccc(C(C)(F)F)nc1)S(C)(=O)=NC#N. The molecule has 1 aromatic heterocycles. The molecule has 0 aromatic carbocycles. The van der Waals surface area contributed by atoms with Crippen LogP contribution in [0.4, 0.5) is 8.78 Å². The average Bonchev–Trinajstić information content (AvgIpc) is 2.27. The lowest BCUT2D eigenvalue weighted by atomic mass is 10.1. The molecule has 0 aliphatic heterocycles. The number of nitriles is 1. The van der Waals surface area contributed by atoms with Gasteiger partial charge in [0, 0.05) is 19.4 Å². The van der Waals surface area contributed by atoms with E-state index in [9.17, 15) is 13.0 Å². The Labute approximate surface area is 105 Å². The summed E-state index contributed by atoms with van der Waals surface area (Å²) in [4.78, 5) is 3.64. The molecule has 0 aliphatic carbocycles. The Morgan fingerprint density at radius 2 is 2.17 bits per heavy atom. The number of hydrogen-bond donors (Lipinski definition) is 0. The quantitative estimate of drug-likeness (QED) is 0.795. The van der Waals surface area contributed by atoms with Gasteiger partial charge in [-0.1, -0.05) is 6.07 Å². The Kier molecular flexibility index (Phi) is 4.02. The van der Waals surface area contributed by atoms with Gasteiger partial charge in [-0.25, -0.2) is 4.21 Å². The van der Waals surface area contributed by atoms with E-state index in [4.69, 9.17) is 5.26 Å². The summed E-state index contributed by atoms with van der Waals surface area (Å²) in [5, 5.41) is 7.89. The lowest BCUT2D eigenvalue weighted by Crippen LogP contribution is -2.12. The lowest BCUT2D eigenvalue weighted by Gasteiger charge is -2.14. The molecule has 4 nitrogen and oxygen atoms in total. The highest BCUT2D eigenvalue weighted by Crippen LogP contribution is 2.27. The molecule has 2 atom stereocenters. The van der Waals surface area contributed by atoms with Crippen LogP contribution in [0.5, 0.6) is 0 Å². The fraction of sp³-hybridized carbons (Fsp3) is 0.455. The maximum atomic E-state index is 13.0. The van der Waals surface area contributed by atoms with E-state index in [-0.39, 0.29) is 5.69 Å². The van der Waals surface area contributed by atoms with Gasteiger partial charge in [-0.2, -0.15) is 14.0 Å². The Morgan fingerprint density at radius 1 is 1.56 bits per heavy atom. The highest BCUT2D eigenvalue weighted by molar-refractivity contribution is 7.93. The highest BCUT2D eigenvalue weighted by Gasteiger charge is 2.26. The monoisotopic (exact) mass is 273 g/mol. The molecule has 0 amide bonds. The van der Waals surface area contributed by atoms with Gasteiger partial charge in [-0.05, 0) is 18.6 Å². The number of aromatic nitrogens is 1. The summed E-state index contributed by atoms with van der Waals surface area (Å²) in [5.41, 5.74) is 0.160. The van der Waals surface area contributed by atoms with Gasteiger partial charge in [-0.3, -0.25) is 4.98 Å². The zero-order valence-corrected chi connectivity index (χ0v) is 11.0. The largest absolute Gasteiger partial charge is 0.286 e. The Morgan fingerprint density at radius 3 is 2.56 bits per heavy atom. The standard InChI is InChI=1S/C11H13F2N3OS/c1-8(18(3,17)16-7-14)9-4-5-10(15-6-9)11(2,12)13/h4-6,8H,1-3H3. The van der Waals surface area contributed by atoms with Gasteiger partial charge in [-0.15, -0.1) is 4.36 Å². The fourth-order valence-electron chi connectivity index (χ4n) is 1.32. The van der Waals surface area contributed by atoms with Crippen molar-refractivity contribution in [2.75, 3.05) is 6.26 Å². The second-order valence-electron chi connectivity index (χ2n) is 4.06. The molecule has 1 heterocycles. The van der Waals surface area contributed by atoms with Crippen molar-refractivity contribution in [2.24, 2.45) is 4.36 Å². The first kappa shape index (κ1) is 14.5. The van der Waals surface area contributed by atoms with Crippen molar-refractivity contribution in [1.29, 1.82) is 5.26 Å². The number of rotatable bonds is 3.